The summed E-state index contributed by atoms with van der Waals surface area (Å²) in [7, 11) is 1.65. The summed E-state index contributed by atoms with van der Waals surface area (Å²) in [4.78, 5) is 17.4. The van der Waals surface area contributed by atoms with Crippen molar-refractivity contribution in [2.75, 3.05) is 7.05 Å². The average Bonchev–Trinajstić information content (AvgIpc) is 2.25. The quantitative estimate of drug-likeness (QED) is 0.768. The third-order valence-electron chi connectivity index (χ3n) is 2.80. The molecule has 0 spiro atoms. The Morgan fingerprint density at radius 1 is 1.50 bits per heavy atom. The lowest BCUT2D eigenvalue weighted by Crippen LogP contribution is -2.42. The minimum absolute atomic E-state index is 0.0130. The van der Waals surface area contributed by atoms with Gasteiger partial charge in [0.25, 0.3) is 0 Å². The van der Waals surface area contributed by atoms with Crippen LogP contribution in [0.15, 0.2) is 29.3 Å². The molecule has 0 saturated heterocycles. The third kappa shape index (κ3) is 1.91. The lowest BCUT2D eigenvalue weighted by Gasteiger charge is -2.25. The van der Waals surface area contributed by atoms with Gasteiger partial charge in [-0.25, -0.2) is 4.99 Å². The molecule has 16 heavy (non-hydrogen) atoms. The Kier molecular flexibility index (Phi) is 2.64. The Hall–Kier alpha value is -1.84. The molecular weight excluding hydrogens is 202 g/mol. The number of nitrogens with two attached hydrogens (primary N) is 1. The molecular formula is C12H15N3O. The van der Waals surface area contributed by atoms with Crippen LogP contribution in [0.1, 0.15) is 23.6 Å². The fraction of sp³-hybridized carbons (Fsp3) is 0.333. The van der Waals surface area contributed by atoms with E-state index in [1.165, 1.54) is 4.90 Å². The molecule has 0 saturated carbocycles. The van der Waals surface area contributed by atoms with Gasteiger partial charge in [0.2, 0.25) is 5.91 Å². The summed E-state index contributed by atoms with van der Waals surface area (Å²) >= 11 is 0. The maximum atomic E-state index is 11.6. The van der Waals surface area contributed by atoms with Crippen LogP contribution in [-0.4, -0.2) is 23.8 Å². The molecule has 0 aromatic heterocycles. The molecule has 1 atom stereocenters. The predicted molar refractivity (Wildman–Crippen MR) is 62.9 cm³/mol. The molecule has 4 heteroatoms. The van der Waals surface area contributed by atoms with Crippen LogP contribution in [0.2, 0.25) is 0 Å². The van der Waals surface area contributed by atoms with Gasteiger partial charge in [-0.3, -0.25) is 9.69 Å². The number of rotatable bonds is 1. The molecule has 1 aromatic carbocycles. The first kappa shape index (κ1) is 10.7. The van der Waals surface area contributed by atoms with Crippen molar-refractivity contribution < 1.29 is 4.79 Å². The number of guanidine groups is 1. The number of nitrogens with zero attached hydrogens (tertiary/aromatic N) is 2. The van der Waals surface area contributed by atoms with E-state index in [0.29, 0.717) is 12.4 Å². The van der Waals surface area contributed by atoms with E-state index in [1.807, 2.05) is 31.2 Å². The zero-order chi connectivity index (χ0) is 11.7. The molecule has 0 bridgehead atoms. The van der Waals surface area contributed by atoms with Gasteiger partial charge in [-0.05, 0) is 12.5 Å². The lowest BCUT2D eigenvalue weighted by atomic mass is 10.0. The number of carbonyl (C=O) groups excluding carboxylic acids is 1. The van der Waals surface area contributed by atoms with Gasteiger partial charge in [-0.15, -0.1) is 0 Å². The van der Waals surface area contributed by atoms with Crippen LogP contribution in [0.3, 0.4) is 0 Å². The molecule has 0 fully saturated rings. The Labute approximate surface area is 94.8 Å². The van der Waals surface area contributed by atoms with Gasteiger partial charge in [-0.1, -0.05) is 29.8 Å². The molecule has 1 aliphatic rings. The first-order valence-corrected chi connectivity index (χ1v) is 5.24. The van der Waals surface area contributed by atoms with Crippen molar-refractivity contribution in [1.82, 2.24) is 4.90 Å². The number of amides is 1. The average molecular weight is 217 g/mol. The molecule has 0 aliphatic carbocycles. The SMILES string of the molecule is Cc1cccc(C2CC(=O)N(C)C(N)=N2)c1. The van der Waals surface area contributed by atoms with Gasteiger partial charge in [0.15, 0.2) is 5.96 Å². The van der Waals surface area contributed by atoms with Crippen molar-refractivity contribution in [2.24, 2.45) is 10.7 Å². The molecule has 1 amide bonds. The van der Waals surface area contributed by atoms with Gasteiger partial charge in [0.1, 0.15) is 0 Å². The van der Waals surface area contributed by atoms with Crippen molar-refractivity contribution in [3.63, 3.8) is 0 Å². The lowest BCUT2D eigenvalue weighted by molar-refractivity contribution is -0.127. The summed E-state index contributed by atoms with van der Waals surface area (Å²) in [6.07, 6.45) is 0.390. The van der Waals surface area contributed by atoms with Crippen LogP contribution < -0.4 is 5.73 Å². The summed E-state index contributed by atoms with van der Waals surface area (Å²) in [5, 5.41) is 0. The van der Waals surface area contributed by atoms with Gasteiger partial charge in [0, 0.05) is 7.05 Å². The number of hydrogen-bond donors (Lipinski definition) is 1. The van der Waals surface area contributed by atoms with E-state index in [1.54, 1.807) is 7.05 Å². The molecule has 1 aromatic rings. The third-order valence-corrected chi connectivity index (χ3v) is 2.80. The summed E-state index contributed by atoms with van der Waals surface area (Å²) < 4.78 is 0. The van der Waals surface area contributed by atoms with Crippen LogP contribution in [0.25, 0.3) is 0 Å². The molecule has 2 rings (SSSR count). The van der Waals surface area contributed by atoms with Crippen LogP contribution in [-0.2, 0) is 4.79 Å². The summed E-state index contributed by atoms with van der Waals surface area (Å²) in [5.74, 6) is 0.307. The van der Waals surface area contributed by atoms with E-state index >= 15 is 0 Å². The predicted octanol–water partition coefficient (Wildman–Crippen LogP) is 1.21. The first-order valence-electron chi connectivity index (χ1n) is 5.24. The standard InChI is InChI=1S/C12H15N3O/c1-8-4-3-5-9(6-8)10-7-11(16)15(2)12(13)14-10/h3-6,10H,7H2,1-2H3,(H2,13,14). The van der Waals surface area contributed by atoms with Crippen LogP contribution in [0.4, 0.5) is 0 Å². The Balaban J connectivity index is 2.33. The van der Waals surface area contributed by atoms with Gasteiger partial charge < -0.3 is 5.73 Å². The molecule has 4 nitrogen and oxygen atoms in total. The second kappa shape index (κ2) is 3.96. The first-order chi connectivity index (χ1) is 7.58. The fourth-order valence-corrected chi connectivity index (χ4v) is 1.79. The monoisotopic (exact) mass is 217 g/mol. The number of carbonyl (C=O) groups is 1. The highest BCUT2D eigenvalue weighted by atomic mass is 16.2. The van der Waals surface area contributed by atoms with Crippen molar-refractivity contribution in [1.29, 1.82) is 0 Å². The van der Waals surface area contributed by atoms with E-state index in [9.17, 15) is 4.79 Å². The van der Waals surface area contributed by atoms with Crippen LogP contribution >= 0.6 is 0 Å². The Morgan fingerprint density at radius 3 is 2.88 bits per heavy atom. The van der Waals surface area contributed by atoms with E-state index in [0.717, 1.165) is 11.1 Å². The minimum Gasteiger partial charge on any atom is -0.369 e. The topological polar surface area (TPSA) is 58.7 Å². The summed E-state index contributed by atoms with van der Waals surface area (Å²) in [6.45, 7) is 2.02. The highest BCUT2D eigenvalue weighted by molar-refractivity contribution is 5.98. The minimum atomic E-state index is -0.136. The zero-order valence-corrected chi connectivity index (χ0v) is 9.47. The second-order valence-corrected chi connectivity index (χ2v) is 4.07. The highest BCUT2D eigenvalue weighted by Gasteiger charge is 2.25. The van der Waals surface area contributed by atoms with E-state index in [4.69, 9.17) is 5.73 Å². The van der Waals surface area contributed by atoms with Crippen LogP contribution in [0, 0.1) is 6.92 Å². The maximum Gasteiger partial charge on any atom is 0.231 e. The van der Waals surface area contributed by atoms with Gasteiger partial charge in [-0.2, -0.15) is 0 Å². The van der Waals surface area contributed by atoms with Crippen molar-refractivity contribution in [3.05, 3.63) is 35.4 Å². The molecule has 0 radical (unpaired) electrons. The largest absolute Gasteiger partial charge is 0.369 e. The zero-order valence-electron chi connectivity index (χ0n) is 9.47. The van der Waals surface area contributed by atoms with Gasteiger partial charge in [0.05, 0.1) is 12.5 Å². The summed E-state index contributed by atoms with van der Waals surface area (Å²) in [6, 6.07) is 7.88. The molecule has 84 valence electrons. The van der Waals surface area contributed by atoms with E-state index in [2.05, 4.69) is 4.99 Å². The highest BCUT2D eigenvalue weighted by Crippen LogP contribution is 2.25. The van der Waals surface area contributed by atoms with Crippen molar-refractivity contribution in [2.45, 2.75) is 19.4 Å². The van der Waals surface area contributed by atoms with Crippen molar-refractivity contribution in [3.8, 4) is 0 Å². The normalized spacial score (nSPS) is 20.9. The molecule has 1 heterocycles. The number of aryl methyl sites for hydroxylation is 1. The maximum absolute atomic E-state index is 11.6. The van der Waals surface area contributed by atoms with E-state index < -0.39 is 0 Å². The number of aliphatic imine (C=N–C) groups is 1. The van der Waals surface area contributed by atoms with Crippen LogP contribution in [0.5, 0.6) is 0 Å². The Bertz CT molecular complexity index is 453. The number of benzene rings is 1. The van der Waals surface area contributed by atoms with Gasteiger partial charge >= 0.3 is 0 Å². The van der Waals surface area contributed by atoms with Crippen molar-refractivity contribution >= 4 is 11.9 Å². The molecule has 1 unspecified atom stereocenters. The Morgan fingerprint density at radius 2 is 2.25 bits per heavy atom. The smallest absolute Gasteiger partial charge is 0.231 e. The second-order valence-electron chi connectivity index (χ2n) is 4.07. The molecule has 1 aliphatic heterocycles. The molecule has 2 N–H and O–H groups in total. The number of hydrogen-bond acceptors (Lipinski definition) is 3. The summed E-state index contributed by atoms with van der Waals surface area (Å²) in [5.41, 5.74) is 7.90. The van der Waals surface area contributed by atoms with E-state index in [-0.39, 0.29) is 11.9 Å². The fourth-order valence-electron chi connectivity index (χ4n) is 1.79.